The van der Waals surface area contributed by atoms with Gasteiger partial charge in [-0.05, 0) is 12.1 Å². The Morgan fingerprint density at radius 2 is 2.03 bits per heavy atom. The molecule has 1 aliphatic rings. The molecule has 33 heavy (non-hydrogen) atoms. The van der Waals surface area contributed by atoms with Crippen molar-refractivity contribution >= 4 is 17.6 Å². The summed E-state index contributed by atoms with van der Waals surface area (Å²) in [5, 5.41) is 9.61. The number of halogens is 3. The average molecular weight is 478 g/mol. The minimum Gasteiger partial charge on any atom is -0.492 e. The molecular formula is C23H18ClF2NO6. The second kappa shape index (κ2) is 9.21. The van der Waals surface area contributed by atoms with E-state index in [2.05, 4.69) is 0 Å². The molecule has 0 fully saturated rings. The van der Waals surface area contributed by atoms with E-state index in [1.54, 1.807) is 7.11 Å². The summed E-state index contributed by atoms with van der Waals surface area (Å²) in [5.41, 5.74) is -0.883. The Balaban J connectivity index is 1.87. The van der Waals surface area contributed by atoms with E-state index >= 15 is 0 Å². The molecule has 7 nitrogen and oxygen atoms in total. The number of carboxylic acids is 1. The van der Waals surface area contributed by atoms with Gasteiger partial charge in [-0.2, -0.15) is 0 Å². The minimum absolute atomic E-state index is 0.181. The first kappa shape index (κ1) is 22.8. The van der Waals surface area contributed by atoms with Crippen LogP contribution in [0.1, 0.15) is 28.6 Å². The van der Waals surface area contributed by atoms with Gasteiger partial charge in [0.1, 0.15) is 17.1 Å². The molecule has 3 aromatic rings. The highest BCUT2D eigenvalue weighted by atomic mass is 35.5. The van der Waals surface area contributed by atoms with E-state index in [9.17, 15) is 23.5 Å². The van der Waals surface area contributed by atoms with Crippen LogP contribution in [0.4, 0.5) is 8.78 Å². The van der Waals surface area contributed by atoms with Crippen molar-refractivity contribution in [3.8, 4) is 22.8 Å². The highest BCUT2D eigenvalue weighted by molar-refractivity contribution is 6.32. The molecule has 0 amide bonds. The number of hydrogen-bond acceptors (Lipinski definition) is 5. The summed E-state index contributed by atoms with van der Waals surface area (Å²) in [5.74, 6) is -3.21. The van der Waals surface area contributed by atoms with Gasteiger partial charge in [-0.15, -0.1) is 0 Å². The predicted molar refractivity (Wildman–Crippen MR) is 115 cm³/mol. The van der Waals surface area contributed by atoms with E-state index in [0.717, 1.165) is 18.3 Å². The number of fused-ring (bicyclic) bond motifs is 3. The molecule has 0 bridgehead atoms. The van der Waals surface area contributed by atoms with Crippen LogP contribution >= 0.6 is 11.6 Å². The van der Waals surface area contributed by atoms with Crippen molar-refractivity contribution in [2.75, 3.05) is 20.3 Å². The number of carbonyl (C=O) groups is 1. The van der Waals surface area contributed by atoms with Gasteiger partial charge in [0, 0.05) is 44.0 Å². The van der Waals surface area contributed by atoms with Crippen molar-refractivity contribution in [2.45, 2.75) is 12.6 Å². The number of hydrogen-bond donors (Lipinski definition) is 1. The van der Waals surface area contributed by atoms with Crippen LogP contribution in [0, 0.1) is 11.6 Å². The van der Waals surface area contributed by atoms with E-state index in [1.807, 2.05) is 0 Å². The molecule has 2 heterocycles. The third-order valence-electron chi connectivity index (χ3n) is 5.11. The smallest absolute Gasteiger partial charge is 0.341 e. The molecule has 2 aromatic carbocycles. The van der Waals surface area contributed by atoms with Crippen molar-refractivity contribution in [3.63, 3.8) is 0 Å². The van der Waals surface area contributed by atoms with E-state index in [1.165, 1.54) is 28.8 Å². The summed E-state index contributed by atoms with van der Waals surface area (Å²) in [7, 11) is 1.57. The standard InChI is InChI=1S/C23H18ClF2NO6/c1-31-6-3-7-32-20-10-19-13(8-15(20)24)17-9-18(28)14(23(29)30)11-27(17)22(33-19)12-4-2-5-16(25)21(12)26/h2,4-5,8-11,22H,3,6-7H2,1H3,(H,29,30). The second-order valence-electron chi connectivity index (χ2n) is 7.24. The van der Waals surface area contributed by atoms with Gasteiger partial charge >= 0.3 is 5.97 Å². The zero-order valence-corrected chi connectivity index (χ0v) is 18.1. The molecule has 0 aliphatic carbocycles. The second-order valence-corrected chi connectivity index (χ2v) is 7.64. The molecule has 1 atom stereocenters. The molecule has 0 saturated carbocycles. The van der Waals surface area contributed by atoms with E-state index in [4.69, 9.17) is 25.8 Å². The molecule has 10 heteroatoms. The van der Waals surface area contributed by atoms with Crippen molar-refractivity contribution in [3.05, 3.63) is 80.6 Å². The van der Waals surface area contributed by atoms with Gasteiger partial charge in [-0.25, -0.2) is 13.6 Å². The normalized spacial score (nSPS) is 14.2. The number of pyridine rings is 1. The van der Waals surface area contributed by atoms with Crippen LogP contribution in [0.15, 0.2) is 47.4 Å². The van der Waals surface area contributed by atoms with Gasteiger partial charge in [0.15, 0.2) is 17.1 Å². The van der Waals surface area contributed by atoms with Gasteiger partial charge in [0.25, 0.3) is 0 Å². The maximum atomic E-state index is 14.7. The predicted octanol–water partition coefficient (Wildman–Crippen LogP) is 4.50. The highest BCUT2D eigenvalue weighted by Crippen LogP contribution is 2.45. The lowest BCUT2D eigenvalue weighted by Gasteiger charge is -2.32. The number of aromatic carboxylic acids is 1. The highest BCUT2D eigenvalue weighted by Gasteiger charge is 2.31. The van der Waals surface area contributed by atoms with Crippen LogP contribution in [-0.2, 0) is 4.74 Å². The van der Waals surface area contributed by atoms with Crippen LogP contribution < -0.4 is 14.9 Å². The first-order chi connectivity index (χ1) is 15.8. The van der Waals surface area contributed by atoms with Crippen LogP contribution in [0.5, 0.6) is 11.5 Å². The molecule has 172 valence electrons. The van der Waals surface area contributed by atoms with Crippen LogP contribution in [0.2, 0.25) is 5.02 Å². The van der Waals surface area contributed by atoms with Gasteiger partial charge in [0.2, 0.25) is 6.23 Å². The zero-order valence-electron chi connectivity index (χ0n) is 17.3. The SMILES string of the molecule is COCCCOc1cc2c(cc1Cl)-c1cc(=O)c(C(=O)O)cn1C(c1cccc(F)c1F)O2. The molecule has 1 aromatic heterocycles. The largest absolute Gasteiger partial charge is 0.492 e. The molecule has 0 spiro atoms. The number of benzene rings is 2. The van der Waals surface area contributed by atoms with Gasteiger partial charge in [0.05, 0.1) is 22.9 Å². The van der Waals surface area contributed by atoms with Crippen LogP contribution in [-0.4, -0.2) is 36.0 Å². The third kappa shape index (κ3) is 4.29. The quantitative estimate of drug-likeness (QED) is 0.504. The fraction of sp³-hybridized carbons (Fsp3) is 0.217. The Morgan fingerprint density at radius 3 is 2.76 bits per heavy atom. The Bertz CT molecular complexity index is 1290. The molecule has 0 radical (unpaired) electrons. The van der Waals surface area contributed by atoms with E-state index in [-0.39, 0.29) is 22.0 Å². The summed E-state index contributed by atoms with van der Waals surface area (Å²) in [6, 6.07) is 7.68. The lowest BCUT2D eigenvalue weighted by atomic mass is 10.0. The number of aromatic nitrogens is 1. The summed E-state index contributed by atoms with van der Waals surface area (Å²) in [6.07, 6.45) is 0.364. The van der Waals surface area contributed by atoms with E-state index < -0.39 is 34.8 Å². The molecule has 1 unspecified atom stereocenters. The molecular weight excluding hydrogens is 460 g/mol. The summed E-state index contributed by atoms with van der Waals surface area (Å²) in [4.78, 5) is 24.0. The van der Waals surface area contributed by atoms with Crippen molar-refractivity contribution in [1.29, 1.82) is 0 Å². The monoisotopic (exact) mass is 477 g/mol. The zero-order chi connectivity index (χ0) is 23.7. The molecule has 0 saturated heterocycles. The lowest BCUT2D eigenvalue weighted by molar-refractivity contribution is 0.0693. The molecule has 4 rings (SSSR count). The van der Waals surface area contributed by atoms with E-state index in [0.29, 0.717) is 30.9 Å². The molecule has 1 N–H and O–H groups in total. The number of methoxy groups -OCH3 is 1. The van der Waals surface area contributed by atoms with Gasteiger partial charge < -0.3 is 23.9 Å². The lowest BCUT2D eigenvalue weighted by Crippen LogP contribution is -2.28. The number of rotatable bonds is 7. The Labute approximate surface area is 191 Å². The maximum Gasteiger partial charge on any atom is 0.341 e. The fourth-order valence-electron chi connectivity index (χ4n) is 3.55. The number of ether oxygens (including phenoxy) is 3. The topological polar surface area (TPSA) is 87.0 Å². The van der Waals surface area contributed by atoms with Gasteiger partial charge in [-0.3, -0.25) is 4.79 Å². The Hall–Kier alpha value is -3.43. The van der Waals surface area contributed by atoms with Crippen molar-refractivity contribution in [2.24, 2.45) is 0 Å². The first-order valence-electron chi connectivity index (χ1n) is 9.87. The first-order valence-corrected chi connectivity index (χ1v) is 10.2. The minimum atomic E-state index is -1.46. The Kier molecular flexibility index (Phi) is 6.35. The average Bonchev–Trinajstić information content (AvgIpc) is 2.78. The van der Waals surface area contributed by atoms with Crippen molar-refractivity contribution < 1.29 is 32.9 Å². The maximum absolute atomic E-state index is 14.7. The fourth-order valence-corrected chi connectivity index (χ4v) is 3.77. The summed E-state index contributed by atoms with van der Waals surface area (Å²) < 4.78 is 46.5. The molecule has 1 aliphatic heterocycles. The Morgan fingerprint density at radius 1 is 1.24 bits per heavy atom. The number of nitrogens with zero attached hydrogens (tertiary/aromatic N) is 1. The summed E-state index contributed by atoms with van der Waals surface area (Å²) >= 11 is 6.36. The van der Waals surface area contributed by atoms with Crippen molar-refractivity contribution in [1.82, 2.24) is 4.57 Å². The van der Waals surface area contributed by atoms with Crippen LogP contribution in [0.25, 0.3) is 11.3 Å². The van der Waals surface area contributed by atoms with Gasteiger partial charge in [-0.1, -0.05) is 23.7 Å². The number of carboxylic acid groups (broad SMARTS) is 1. The third-order valence-corrected chi connectivity index (χ3v) is 5.40. The van der Waals surface area contributed by atoms with Crippen LogP contribution in [0.3, 0.4) is 0 Å². The summed E-state index contributed by atoms with van der Waals surface area (Å²) in [6.45, 7) is 0.800.